The lowest BCUT2D eigenvalue weighted by molar-refractivity contribution is -0.127. The molecule has 0 radical (unpaired) electrons. The van der Waals surface area contributed by atoms with Crippen LogP contribution >= 0.6 is 11.3 Å². The van der Waals surface area contributed by atoms with E-state index in [-0.39, 0.29) is 18.1 Å². The molecule has 4 aromatic rings. The molecule has 9 nitrogen and oxygen atoms in total. The topological polar surface area (TPSA) is 97.4 Å². The molecular formula is C18H17N7O2S. The van der Waals surface area contributed by atoms with E-state index in [0.717, 1.165) is 5.13 Å². The normalized spacial score (nSPS) is 10.9. The van der Waals surface area contributed by atoms with Crippen LogP contribution in [0.4, 0.5) is 0 Å². The summed E-state index contributed by atoms with van der Waals surface area (Å²) in [7, 11) is 3.27. The van der Waals surface area contributed by atoms with Gasteiger partial charge in [-0.25, -0.2) is 15.0 Å². The van der Waals surface area contributed by atoms with Crippen LogP contribution in [0.3, 0.4) is 0 Å². The van der Waals surface area contributed by atoms with E-state index in [9.17, 15) is 9.59 Å². The average molecular weight is 395 g/mol. The van der Waals surface area contributed by atoms with Crippen LogP contribution in [-0.4, -0.2) is 61.3 Å². The van der Waals surface area contributed by atoms with E-state index in [4.69, 9.17) is 0 Å². The number of hydrogen-bond acceptors (Lipinski definition) is 6. The second-order valence-corrected chi connectivity index (χ2v) is 7.06. The number of fused-ring (bicyclic) bond motifs is 1. The van der Waals surface area contributed by atoms with Crippen molar-refractivity contribution in [2.45, 2.75) is 0 Å². The second kappa shape index (κ2) is 7.24. The Bertz CT molecular complexity index is 1140. The standard InChI is InChI=1S/C18H17N7O2S/c1-23(2)14(26)9-20-17(27)15-13-5-3-4-7-25(13)16(22-15)12-10-24(11-21-12)18-19-6-8-28-18/h3-8,10-11H,9H2,1-2H3,(H,20,27). The van der Waals surface area contributed by atoms with Gasteiger partial charge in [0.05, 0.1) is 12.1 Å². The fourth-order valence-corrected chi connectivity index (χ4v) is 3.26. The minimum Gasteiger partial charge on any atom is -0.347 e. The first-order valence-electron chi connectivity index (χ1n) is 8.44. The highest BCUT2D eigenvalue weighted by Gasteiger charge is 2.20. The van der Waals surface area contributed by atoms with Crippen molar-refractivity contribution in [3.05, 3.63) is 54.2 Å². The number of carbonyl (C=O) groups is 2. The molecule has 10 heteroatoms. The van der Waals surface area contributed by atoms with E-state index in [1.165, 1.54) is 16.2 Å². The van der Waals surface area contributed by atoms with Crippen molar-refractivity contribution >= 4 is 28.7 Å². The third-order valence-corrected chi connectivity index (χ3v) is 4.90. The molecule has 0 aliphatic carbocycles. The molecule has 0 aliphatic rings. The van der Waals surface area contributed by atoms with Gasteiger partial charge in [0, 0.05) is 38.1 Å². The van der Waals surface area contributed by atoms with Gasteiger partial charge in [-0.1, -0.05) is 6.07 Å². The molecule has 0 aliphatic heterocycles. The molecule has 0 bridgehead atoms. The first-order chi connectivity index (χ1) is 13.5. The maximum Gasteiger partial charge on any atom is 0.272 e. The van der Waals surface area contributed by atoms with Gasteiger partial charge in [0.2, 0.25) is 5.91 Å². The maximum absolute atomic E-state index is 12.6. The molecule has 0 fully saturated rings. The van der Waals surface area contributed by atoms with Gasteiger partial charge in [0.1, 0.15) is 12.0 Å². The Morgan fingerprint density at radius 2 is 2.11 bits per heavy atom. The summed E-state index contributed by atoms with van der Waals surface area (Å²) >= 11 is 1.49. The fraction of sp³-hybridized carbons (Fsp3) is 0.167. The highest BCUT2D eigenvalue weighted by atomic mass is 32.1. The number of thiazole rings is 1. The molecule has 0 atom stereocenters. The molecular weight excluding hydrogens is 378 g/mol. The van der Waals surface area contributed by atoms with Crippen molar-refractivity contribution in [2.75, 3.05) is 20.6 Å². The Balaban J connectivity index is 1.69. The summed E-state index contributed by atoms with van der Waals surface area (Å²) in [4.78, 5) is 39.0. The number of carbonyl (C=O) groups excluding carboxylic acids is 2. The van der Waals surface area contributed by atoms with Crippen LogP contribution in [0.15, 0.2) is 48.5 Å². The Kier molecular flexibility index (Phi) is 4.62. The quantitative estimate of drug-likeness (QED) is 0.552. The summed E-state index contributed by atoms with van der Waals surface area (Å²) < 4.78 is 3.61. The molecule has 0 saturated heterocycles. The van der Waals surface area contributed by atoms with Crippen LogP contribution in [0.25, 0.3) is 22.2 Å². The second-order valence-electron chi connectivity index (χ2n) is 6.19. The zero-order valence-electron chi connectivity index (χ0n) is 15.2. The smallest absolute Gasteiger partial charge is 0.272 e. The van der Waals surface area contributed by atoms with Crippen LogP contribution in [0.1, 0.15) is 10.5 Å². The molecule has 0 unspecified atom stereocenters. The predicted molar refractivity (Wildman–Crippen MR) is 104 cm³/mol. The molecule has 2 amide bonds. The van der Waals surface area contributed by atoms with E-state index in [0.29, 0.717) is 17.0 Å². The molecule has 4 rings (SSSR count). The van der Waals surface area contributed by atoms with Crippen LogP contribution in [0.2, 0.25) is 0 Å². The highest BCUT2D eigenvalue weighted by Crippen LogP contribution is 2.23. The Morgan fingerprint density at radius 1 is 1.25 bits per heavy atom. The highest BCUT2D eigenvalue weighted by molar-refractivity contribution is 7.12. The van der Waals surface area contributed by atoms with Crippen molar-refractivity contribution in [2.24, 2.45) is 0 Å². The van der Waals surface area contributed by atoms with Gasteiger partial charge in [-0.2, -0.15) is 0 Å². The number of nitrogens with one attached hydrogen (secondary N) is 1. The van der Waals surface area contributed by atoms with Gasteiger partial charge in [-0.15, -0.1) is 11.3 Å². The van der Waals surface area contributed by atoms with E-state index in [1.54, 1.807) is 41.7 Å². The summed E-state index contributed by atoms with van der Waals surface area (Å²) in [5.74, 6) is -0.0706. The van der Waals surface area contributed by atoms with Crippen molar-refractivity contribution in [3.8, 4) is 16.6 Å². The van der Waals surface area contributed by atoms with Gasteiger partial charge < -0.3 is 10.2 Å². The summed E-state index contributed by atoms with van der Waals surface area (Å²) in [6.45, 7) is -0.0916. The van der Waals surface area contributed by atoms with Crippen LogP contribution in [0.5, 0.6) is 0 Å². The minimum atomic E-state index is -0.412. The molecule has 142 valence electrons. The summed E-state index contributed by atoms with van der Waals surface area (Å²) in [6.07, 6.45) is 7.02. The van der Waals surface area contributed by atoms with Crippen molar-refractivity contribution < 1.29 is 9.59 Å². The van der Waals surface area contributed by atoms with E-state index in [2.05, 4.69) is 20.3 Å². The number of imidazole rings is 2. The number of likely N-dealkylation sites (N-methyl/N-ethyl adjacent to an activating group) is 1. The first kappa shape index (κ1) is 17.9. The van der Waals surface area contributed by atoms with Crippen molar-refractivity contribution in [1.82, 2.24) is 34.1 Å². The fourth-order valence-electron chi connectivity index (χ4n) is 2.67. The molecule has 28 heavy (non-hydrogen) atoms. The van der Waals surface area contributed by atoms with Crippen molar-refractivity contribution in [3.63, 3.8) is 0 Å². The van der Waals surface area contributed by atoms with Gasteiger partial charge in [-0.05, 0) is 12.1 Å². The average Bonchev–Trinajstić information content (AvgIpc) is 3.44. The lowest BCUT2D eigenvalue weighted by atomic mass is 10.3. The van der Waals surface area contributed by atoms with Gasteiger partial charge >= 0.3 is 0 Å². The number of rotatable bonds is 5. The Morgan fingerprint density at radius 3 is 2.86 bits per heavy atom. The zero-order chi connectivity index (χ0) is 19.7. The number of aromatic nitrogens is 5. The maximum atomic E-state index is 12.6. The minimum absolute atomic E-state index is 0.0916. The largest absolute Gasteiger partial charge is 0.347 e. The Hall–Kier alpha value is -3.53. The number of nitrogens with zero attached hydrogens (tertiary/aromatic N) is 6. The van der Waals surface area contributed by atoms with E-state index in [1.807, 2.05) is 29.9 Å². The SMILES string of the molecule is CN(C)C(=O)CNC(=O)c1nc(-c2cn(-c3nccs3)cn2)n2ccccc12. The van der Waals surface area contributed by atoms with Gasteiger partial charge in [0.15, 0.2) is 16.6 Å². The van der Waals surface area contributed by atoms with Gasteiger partial charge in [0.25, 0.3) is 5.91 Å². The molecule has 0 spiro atoms. The molecule has 4 aromatic heterocycles. The monoisotopic (exact) mass is 395 g/mol. The lowest BCUT2D eigenvalue weighted by Crippen LogP contribution is -2.36. The third kappa shape index (κ3) is 3.25. The van der Waals surface area contributed by atoms with Crippen LogP contribution < -0.4 is 5.32 Å². The summed E-state index contributed by atoms with van der Waals surface area (Å²) in [5.41, 5.74) is 1.49. The van der Waals surface area contributed by atoms with Crippen LogP contribution in [-0.2, 0) is 4.79 Å². The molecule has 4 heterocycles. The van der Waals surface area contributed by atoms with E-state index < -0.39 is 5.91 Å². The zero-order valence-corrected chi connectivity index (χ0v) is 16.1. The number of pyridine rings is 1. The number of amides is 2. The number of hydrogen-bond donors (Lipinski definition) is 1. The van der Waals surface area contributed by atoms with E-state index >= 15 is 0 Å². The predicted octanol–water partition coefficient (Wildman–Crippen LogP) is 1.46. The first-order valence-corrected chi connectivity index (χ1v) is 9.32. The Labute approximate surface area is 164 Å². The molecule has 1 N–H and O–H groups in total. The molecule has 0 saturated carbocycles. The molecule has 0 aromatic carbocycles. The van der Waals surface area contributed by atoms with Crippen LogP contribution in [0, 0.1) is 0 Å². The third-order valence-electron chi connectivity index (χ3n) is 4.11. The summed E-state index contributed by atoms with van der Waals surface area (Å²) in [6, 6.07) is 5.49. The lowest BCUT2D eigenvalue weighted by Gasteiger charge is -2.10. The van der Waals surface area contributed by atoms with Crippen molar-refractivity contribution in [1.29, 1.82) is 0 Å². The van der Waals surface area contributed by atoms with Gasteiger partial charge in [-0.3, -0.25) is 18.6 Å². The summed E-state index contributed by atoms with van der Waals surface area (Å²) in [5, 5.41) is 5.30.